The van der Waals surface area contributed by atoms with Gasteiger partial charge in [-0.15, -0.1) is 11.3 Å². The minimum absolute atomic E-state index is 0.121. The second-order valence-electron chi connectivity index (χ2n) is 5.76. The quantitative estimate of drug-likeness (QED) is 0.828. The van der Waals surface area contributed by atoms with E-state index in [1.54, 1.807) is 23.5 Å². The molecule has 1 aromatic carbocycles. The van der Waals surface area contributed by atoms with Gasteiger partial charge in [-0.2, -0.15) is 0 Å². The summed E-state index contributed by atoms with van der Waals surface area (Å²) in [5, 5.41) is 14.3. The van der Waals surface area contributed by atoms with Gasteiger partial charge in [0.1, 0.15) is 0 Å². The molecule has 1 amide bonds. The number of rotatable bonds is 6. The summed E-state index contributed by atoms with van der Waals surface area (Å²) in [7, 11) is 0. The van der Waals surface area contributed by atoms with Crippen LogP contribution in [0, 0.1) is 0 Å². The summed E-state index contributed by atoms with van der Waals surface area (Å²) in [4.78, 5) is 26.9. The first kappa shape index (κ1) is 17.4. The van der Waals surface area contributed by atoms with Gasteiger partial charge < -0.3 is 20.1 Å². The molecule has 0 aliphatic carbocycles. The third-order valence-corrected chi connectivity index (χ3v) is 4.98. The predicted molar refractivity (Wildman–Crippen MR) is 97.7 cm³/mol. The zero-order valence-electron chi connectivity index (χ0n) is 13.7. The van der Waals surface area contributed by atoms with Gasteiger partial charge in [-0.3, -0.25) is 4.79 Å². The lowest BCUT2D eigenvalue weighted by molar-refractivity contribution is -0.116. The lowest BCUT2D eigenvalue weighted by Gasteiger charge is -2.30. The van der Waals surface area contributed by atoms with Crippen LogP contribution in [-0.4, -0.2) is 43.3 Å². The van der Waals surface area contributed by atoms with E-state index in [1.165, 1.54) is 6.07 Å². The maximum atomic E-state index is 12.1. The molecule has 1 aliphatic rings. The largest absolute Gasteiger partial charge is 0.478 e. The molecule has 1 saturated heterocycles. The van der Waals surface area contributed by atoms with Gasteiger partial charge in [0.15, 0.2) is 0 Å². The van der Waals surface area contributed by atoms with Crippen molar-refractivity contribution in [3.8, 4) is 0 Å². The highest BCUT2D eigenvalue weighted by Crippen LogP contribution is 2.25. The molecule has 0 radical (unpaired) electrons. The summed E-state index contributed by atoms with van der Waals surface area (Å²) in [6.07, 6.45) is 1.05. The molecule has 0 unspecified atom stereocenters. The minimum Gasteiger partial charge on any atom is -0.478 e. The van der Waals surface area contributed by atoms with Gasteiger partial charge in [-0.1, -0.05) is 6.07 Å². The van der Waals surface area contributed by atoms with Gasteiger partial charge >= 0.3 is 5.97 Å². The minimum atomic E-state index is -1.00. The third kappa shape index (κ3) is 4.58. The number of nitrogens with zero attached hydrogens (tertiary/aromatic N) is 1. The number of morpholine rings is 1. The van der Waals surface area contributed by atoms with Crippen molar-refractivity contribution in [3.05, 3.63) is 46.2 Å². The summed E-state index contributed by atoms with van der Waals surface area (Å²) in [5.41, 5.74) is 1.36. The second kappa shape index (κ2) is 8.13. The Balaban J connectivity index is 1.68. The molecule has 3 rings (SSSR count). The Bertz CT molecular complexity index is 740. The van der Waals surface area contributed by atoms with Crippen LogP contribution in [0.15, 0.2) is 35.7 Å². The lowest BCUT2D eigenvalue weighted by atomic mass is 10.1. The summed E-state index contributed by atoms with van der Waals surface area (Å²) in [6.45, 7) is 2.49. The zero-order valence-corrected chi connectivity index (χ0v) is 14.6. The fourth-order valence-electron chi connectivity index (χ4n) is 2.78. The molecular weight excluding hydrogens is 340 g/mol. The number of carbonyl (C=O) groups excluding carboxylic acids is 1. The van der Waals surface area contributed by atoms with Crippen molar-refractivity contribution in [2.45, 2.75) is 12.8 Å². The molecule has 2 N–H and O–H groups in total. The van der Waals surface area contributed by atoms with E-state index in [1.807, 2.05) is 22.4 Å². The monoisotopic (exact) mass is 360 g/mol. The molecule has 0 spiro atoms. The Morgan fingerprint density at radius 1 is 1.24 bits per heavy atom. The summed E-state index contributed by atoms with van der Waals surface area (Å²) in [5.74, 6) is -1.12. The van der Waals surface area contributed by atoms with Crippen molar-refractivity contribution in [2.75, 3.05) is 36.5 Å². The number of amides is 1. The smallest absolute Gasteiger partial charge is 0.337 e. The molecule has 25 heavy (non-hydrogen) atoms. The van der Waals surface area contributed by atoms with Crippen molar-refractivity contribution in [1.29, 1.82) is 0 Å². The number of thiophene rings is 1. The van der Waals surface area contributed by atoms with E-state index in [0.717, 1.165) is 4.88 Å². The van der Waals surface area contributed by atoms with E-state index in [4.69, 9.17) is 4.74 Å². The average molecular weight is 360 g/mol. The molecule has 1 fully saturated rings. The number of carboxylic acid groups (broad SMARTS) is 1. The highest BCUT2D eigenvalue weighted by atomic mass is 32.1. The van der Waals surface area contributed by atoms with Crippen LogP contribution in [0.25, 0.3) is 0 Å². The Labute approximate surface area is 150 Å². The molecule has 6 nitrogen and oxygen atoms in total. The first-order valence-corrected chi connectivity index (χ1v) is 9.04. The van der Waals surface area contributed by atoms with Crippen molar-refractivity contribution in [3.63, 3.8) is 0 Å². The maximum Gasteiger partial charge on any atom is 0.337 e. The molecule has 2 aromatic rings. The second-order valence-corrected chi connectivity index (χ2v) is 6.80. The molecule has 1 aliphatic heterocycles. The van der Waals surface area contributed by atoms with Gasteiger partial charge in [0.25, 0.3) is 0 Å². The fourth-order valence-corrected chi connectivity index (χ4v) is 3.49. The molecule has 7 heteroatoms. The molecule has 2 heterocycles. The maximum absolute atomic E-state index is 12.1. The fraction of sp³-hybridized carbons (Fsp3) is 0.333. The summed E-state index contributed by atoms with van der Waals surface area (Å²) >= 11 is 1.62. The molecule has 0 atom stereocenters. The van der Waals surface area contributed by atoms with E-state index >= 15 is 0 Å². The van der Waals surface area contributed by atoms with E-state index in [2.05, 4.69) is 5.32 Å². The zero-order chi connectivity index (χ0) is 17.6. The number of carbonyl (C=O) groups is 2. The van der Waals surface area contributed by atoms with Gasteiger partial charge in [0.05, 0.1) is 24.5 Å². The molecule has 0 saturated carbocycles. The standard InChI is InChI=1S/C18H20N2O4S/c21-17(6-4-14-2-1-11-25-14)19-13-3-5-16(15(12-13)18(22)23)20-7-9-24-10-8-20/h1-3,5,11-12H,4,6-10H2,(H,19,21)(H,22,23). The number of carboxylic acids is 1. The number of nitrogens with one attached hydrogen (secondary N) is 1. The SMILES string of the molecule is O=C(CCc1cccs1)Nc1ccc(N2CCOCC2)c(C(=O)O)c1. The molecule has 132 valence electrons. The van der Waals surface area contributed by atoms with Crippen LogP contribution in [0.5, 0.6) is 0 Å². The lowest BCUT2D eigenvalue weighted by Crippen LogP contribution is -2.37. The Hall–Kier alpha value is -2.38. The number of aromatic carboxylic acids is 1. The number of hydrogen-bond acceptors (Lipinski definition) is 5. The number of ether oxygens (including phenoxy) is 1. The van der Waals surface area contributed by atoms with Crippen LogP contribution in [-0.2, 0) is 16.0 Å². The Morgan fingerprint density at radius 2 is 2.04 bits per heavy atom. The molecular formula is C18H20N2O4S. The van der Waals surface area contributed by atoms with E-state index in [-0.39, 0.29) is 11.5 Å². The third-order valence-electron chi connectivity index (χ3n) is 4.04. The Morgan fingerprint density at radius 3 is 2.72 bits per heavy atom. The van der Waals surface area contributed by atoms with E-state index < -0.39 is 5.97 Å². The van der Waals surface area contributed by atoms with Crippen molar-refractivity contribution in [2.24, 2.45) is 0 Å². The van der Waals surface area contributed by atoms with Crippen LogP contribution in [0.1, 0.15) is 21.7 Å². The van der Waals surface area contributed by atoms with Gasteiger partial charge in [-0.05, 0) is 36.1 Å². The van der Waals surface area contributed by atoms with Gasteiger partial charge in [0.2, 0.25) is 5.91 Å². The average Bonchev–Trinajstić information content (AvgIpc) is 3.14. The highest BCUT2D eigenvalue weighted by molar-refractivity contribution is 7.09. The van der Waals surface area contributed by atoms with Crippen LogP contribution >= 0.6 is 11.3 Å². The first-order chi connectivity index (χ1) is 12.1. The van der Waals surface area contributed by atoms with Crippen molar-refractivity contribution in [1.82, 2.24) is 0 Å². The summed E-state index contributed by atoms with van der Waals surface area (Å²) in [6, 6.07) is 8.99. The molecule has 0 bridgehead atoms. The number of benzene rings is 1. The highest BCUT2D eigenvalue weighted by Gasteiger charge is 2.19. The van der Waals surface area contributed by atoms with Crippen molar-refractivity contribution < 1.29 is 19.4 Å². The first-order valence-electron chi connectivity index (χ1n) is 8.16. The van der Waals surface area contributed by atoms with Gasteiger partial charge in [-0.25, -0.2) is 4.79 Å². The van der Waals surface area contributed by atoms with Crippen LogP contribution in [0.2, 0.25) is 0 Å². The number of hydrogen-bond donors (Lipinski definition) is 2. The topological polar surface area (TPSA) is 78.9 Å². The summed E-state index contributed by atoms with van der Waals surface area (Å²) < 4.78 is 5.31. The Kier molecular flexibility index (Phi) is 5.67. The number of aryl methyl sites for hydroxylation is 1. The number of anilines is 2. The van der Waals surface area contributed by atoms with E-state index in [0.29, 0.717) is 50.5 Å². The van der Waals surface area contributed by atoms with Crippen LogP contribution < -0.4 is 10.2 Å². The van der Waals surface area contributed by atoms with Crippen molar-refractivity contribution >= 4 is 34.6 Å². The molecule has 1 aromatic heterocycles. The normalized spacial score (nSPS) is 14.3. The van der Waals surface area contributed by atoms with E-state index in [9.17, 15) is 14.7 Å². The van der Waals surface area contributed by atoms with Crippen LogP contribution in [0.3, 0.4) is 0 Å². The van der Waals surface area contributed by atoms with Crippen LogP contribution in [0.4, 0.5) is 11.4 Å². The van der Waals surface area contributed by atoms with Gasteiger partial charge in [0, 0.05) is 30.1 Å². The predicted octanol–water partition coefficient (Wildman–Crippen LogP) is 2.85.